The Hall–Kier alpha value is -2.12. The van der Waals surface area contributed by atoms with Gasteiger partial charge in [0.25, 0.3) is 5.91 Å². The van der Waals surface area contributed by atoms with Gasteiger partial charge in [-0.25, -0.2) is 4.39 Å². The fourth-order valence-corrected chi connectivity index (χ4v) is 4.40. The molecule has 0 aliphatic carbocycles. The number of rotatable bonds is 4. The number of hydrogen-bond donors (Lipinski definition) is 1. The van der Waals surface area contributed by atoms with Gasteiger partial charge in [0.1, 0.15) is 11.5 Å². The molecule has 1 N–H and O–H groups in total. The lowest BCUT2D eigenvalue weighted by molar-refractivity contribution is -0.125. The van der Waals surface area contributed by atoms with Crippen molar-refractivity contribution in [3.8, 4) is 0 Å². The maximum atomic E-state index is 13.8. The molecule has 3 heterocycles. The quantitative estimate of drug-likeness (QED) is 0.801. The smallest absolute Gasteiger partial charge is 0.268 e. The second-order valence-corrected chi connectivity index (χ2v) is 8.35. The Balaban J connectivity index is 1.46. The summed E-state index contributed by atoms with van der Waals surface area (Å²) in [5.41, 5.74) is 2.01. The van der Waals surface area contributed by atoms with Crippen molar-refractivity contribution in [2.75, 3.05) is 23.3 Å². The molecule has 1 amide bonds. The van der Waals surface area contributed by atoms with Gasteiger partial charge in [0.15, 0.2) is 0 Å². The summed E-state index contributed by atoms with van der Waals surface area (Å²) < 4.78 is 14.5. The standard InChI is InChI=1S/C19H19ClFN3O2S/c20-18-7-6-17(27-18)14-11-16(26-23-14)19(25)22-13-10-12(21)4-5-15(13)24-8-2-1-3-9-24/h4-7,10,16H,1-3,8-9,11H2,(H,22,25). The van der Waals surface area contributed by atoms with E-state index in [0.29, 0.717) is 22.2 Å². The Kier molecular flexibility index (Phi) is 5.31. The van der Waals surface area contributed by atoms with Gasteiger partial charge >= 0.3 is 0 Å². The fourth-order valence-electron chi connectivity index (χ4n) is 3.37. The van der Waals surface area contributed by atoms with Gasteiger partial charge in [-0.1, -0.05) is 16.8 Å². The van der Waals surface area contributed by atoms with E-state index in [9.17, 15) is 9.18 Å². The van der Waals surface area contributed by atoms with Gasteiger partial charge < -0.3 is 15.1 Å². The zero-order valence-corrected chi connectivity index (χ0v) is 16.2. The summed E-state index contributed by atoms with van der Waals surface area (Å²) in [7, 11) is 0. The third-order valence-corrected chi connectivity index (χ3v) is 6.01. The van der Waals surface area contributed by atoms with Crippen LogP contribution in [-0.4, -0.2) is 30.8 Å². The highest BCUT2D eigenvalue weighted by atomic mass is 35.5. The lowest BCUT2D eigenvalue weighted by Gasteiger charge is -2.30. The highest BCUT2D eigenvalue weighted by Crippen LogP contribution is 2.31. The van der Waals surface area contributed by atoms with Crippen LogP contribution in [-0.2, 0) is 9.63 Å². The van der Waals surface area contributed by atoms with Crippen LogP contribution >= 0.6 is 22.9 Å². The molecule has 0 saturated carbocycles. The molecule has 142 valence electrons. The first kappa shape index (κ1) is 18.3. The Bertz CT molecular complexity index is 880. The average Bonchev–Trinajstić information content (AvgIpc) is 3.31. The Labute approximate surface area is 165 Å². The highest BCUT2D eigenvalue weighted by Gasteiger charge is 2.30. The molecule has 2 aromatic rings. The summed E-state index contributed by atoms with van der Waals surface area (Å²) >= 11 is 7.35. The molecular formula is C19H19ClFN3O2S. The van der Waals surface area contributed by atoms with Gasteiger partial charge in [-0.15, -0.1) is 11.3 Å². The molecule has 5 nitrogen and oxygen atoms in total. The van der Waals surface area contributed by atoms with E-state index in [1.54, 1.807) is 12.1 Å². The maximum absolute atomic E-state index is 13.8. The van der Waals surface area contributed by atoms with Crippen LogP contribution in [0, 0.1) is 5.82 Å². The van der Waals surface area contributed by atoms with Crippen LogP contribution in [0.2, 0.25) is 4.34 Å². The number of oxime groups is 1. The number of carbonyl (C=O) groups is 1. The van der Waals surface area contributed by atoms with Crippen LogP contribution in [0.15, 0.2) is 35.5 Å². The summed E-state index contributed by atoms with van der Waals surface area (Å²) in [6.07, 6.45) is 3.01. The normalized spacial score (nSPS) is 19.6. The Morgan fingerprint density at radius 2 is 2.07 bits per heavy atom. The molecule has 1 saturated heterocycles. The van der Waals surface area contributed by atoms with Gasteiger partial charge in [-0.05, 0) is 49.6 Å². The first-order chi connectivity index (χ1) is 13.1. The molecule has 1 aromatic carbocycles. The number of nitrogens with zero attached hydrogens (tertiary/aromatic N) is 2. The first-order valence-electron chi connectivity index (χ1n) is 8.94. The van der Waals surface area contributed by atoms with Gasteiger partial charge in [0, 0.05) is 19.5 Å². The van der Waals surface area contributed by atoms with Crippen LogP contribution in [0.4, 0.5) is 15.8 Å². The molecule has 4 rings (SSSR count). The summed E-state index contributed by atoms with van der Waals surface area (Å²) in [6.45, 7) is 1.81. The van der Waals surface area contributed by atoms with E-state index in [4.69, 9.17) is 16.4 Å². The monoisotopic (exact) mass is 407 g/mol. The van der Waals surface area contributed by atoms with Crippen LogP contribution in [0.25, 0.3) is 0 Å². The molecule has 2 aliphatic heterocycles. The van der Waals surface area contributed by atoms with E-state index in [1.807, 2.05) is 6.07 Å². The molecule has 0 bridgehead atoms. The number of nitrogens with one attached hydrogen (secondary N) is 1. The largest absolute Gasteiger partial charge is 0.382 e. The molecule has 0 spiro atoms. The lowest BCUT2D eigenvalue weighted by atomic mass is 10.1. The van der Waals surface area contributed by atoms with Crippen molar-refractivity contribution in [1.29, 1.82) is 0 Å². The molecule has 1 aromatic heterocycles. The zero-order valence-electron chi connectivity index (χ0n) is 14.6. The van der Waals surface area contributed by atoms with Gasteiger partial charge in [-0.3, -0.25) is 4.79 Å². The molecule has 27 heavy (non-hydrogen) atoms. The number of thiophene rings is 1. The fraction of sp³-hybridized carbons (Fsp3) is 0.368. The molecule has 8 heteroatoms. The van der Waals surface area contributed by atoms with E-state index in [1.165, 1.54) is 29.9 Å². The molecule has 2 aliphatic rings. The number of halogens is 2. The van der Waals surface area contributed by atoms with Crippen molar-refractivity contribution in [2.24, 2.45) is 5.16 Å². The van der Waals surface area contributed by atoms with Crippen LogP contribution < -0.4 is 10.2 Å². The third kappa shape index (κ3) is 4.09. The Morgan fingerprint density at radius 3 is 2.81 bits per heavy atom. The summed E-state index contributed by atoms with van der Waals surface area (Å²) in [5.74, 6) is -0.719. The molecule has 1 unspecified atom stereocenters. The second-order valence-electron chi connectivity index (χ2n) is 6.64. The highest BCUT2D eigenvalue weighted by molar-refractivity contribution is 7.18. The summed E-state index contributed by atoms with van der Waals surface area (Å²) in [5, 5.41) is 6.84. The van der Waals surface area contributed by atoms with Crippen LogP contribution in [0.1, 0.15) is 30.6 Å². The summed E-state index contributed by atoms with van der Waals surface area (Å²) in [4.78, 5) is 21.0. The van der Waals surface area contributed by atoms with E-state index >= 15 is 0 Å². The molecule has 0 radical (unpaired) electrons. The average molecular weight is 408 g/mol. The van der Waals surface area contributed by atoms with E-state index in [-0.39, 0.29) is 11.7 Å². The minimum Gasteiger partial charge on any atom is -0.382 e. The van der Waals surface area contributed by atoms with Crippen molar-refractivity contribution in [2.45, 2.75) is 31.8 Å². The Morgan fingerprint density at radius 1 is 1.26 bits per heavy atom. The lowest BCUT2D eigenvalue weighted by Crippen LogP contribution is -2.32. The van der Waals surface area contributed by atoms with Gasteiger partial charge in [-0.2, -0.15) is 0 Å². The topological polar surface area (TPSA) is 53.9 Å². The number of piperidine rings is 1. The van der Waals surface area contributed by atoms with Gasteiger partial charge in [0.2, 0.25) is 6.10 Å². The molecule has 1 fully saturated rings. The maximum Gasteiger partial charge on any atom is 0.268 e. The van der Waals surface area contributed by atoms with E-state index in [0.717, 1.165) is 36.5 Å². The number of benzene rings is 1. The van der Waals surface area contributed by atoms with E-state index in [2.05, 4.69) is 15.4 Å². The molecule has 1 atom stereocenters. The van der Waals surface area contributed by atoms with Crippen LogP contribution in [0.5, 0.6) is 0 Å². The zero-order chi connectivity index (χ0) is 18.8. The summed E-state index contributed by atoms with van der Waals surface area (Å²) in [6, 6.07) is 8.15. The van der Waals surface area contributed by atoms with E-state index < -0.39 is 6.10 Å². The predicted octanol–water partition coefficient (Wildman–Crippen LogP) is 4.66. The molecular weight excluding hydrogens is 389 g/mol. The van der Waals surface area contributed by atoms with Crippen molar-refractivity contribution in [3.63, 3.8) is 0 Å². The minimum atomic E-state index is -0.738. The van der Waals surface area contributed by atoms with Crippen LogP contribution in [0.3, 0.4) is 0 Å². The number of anilines is 2. The number of hydrogen-bond acceptors (Lipinski definition) is 5. The minimum absolute atomic E-state index is 0.333. The van der Waals surface area contributed by atoms with Crippen molar-refractivity contribution in [3.05, 3.63) is 45.4 Å². The van der Waals surface area contributed by atoms with Crippen molar-refractivity contribution in [1.82, 2.24) is 0 Å². The predicted molar refractivity (Wildman–Crippen MR) is 106 cm³/mol. The van der Waals surface area contributed by atoms with Gasteiger partial charge in [0.05, 0.1) is 20.6 Å². The number of amides is 1. The first-order valence-corrected chi connectivity index (χ1v) is 10.1. The van der Waals surface area contributed by atoms with Crippen molar-refractivity contribution < 1.29 is 14.0 Å². The van der Waals surface area contributed by atoms with Crippen molar-refractivity contribution >= 4 is 45.9 Å². The third-order valence-electron chi connectivity index (χ3n) is 4.73. The number of carbonyl (C=O) groups excluding carboxylic acids is 1. The second kappa shape index (κ2) is 7.86. The SMILES string of the molecule is O=C(Nc1cc(F)ccc1N1CCCCC1)C1CC(c2ccc(Cl)s2)=NO1.